The predicted molar refractivity (Wildman–Crippen MR) is 162 cm³/mol. The van der Waals surface area contributed by atoms with Gasteiger partial charge in [-0.05, 0) is 86.1 Å². The van der Waals surface area contributed by atoms with E-state index in [1.807, 2.05) is 78.9 Å². The quantitative estimate of drug-likeness (QED) is 0.183. The van der Waals surface area contributed by atoms with Crippen LogP contribution in [0.2, 0.25) is 0 Å². The summed E-state index contributed by atoms with van der Waals surface area (Å²) in [5.41, 5.74) is 1.09. The summed E-state index contributed by atoms with van der Waals surface area (Å²) >= 11 is 4.14. The van der Waals surface area contributed by atoms with E-state index in [0.29, 0.717) is 18.9 Å². The van der Waals surface area contributed by atoms with Crippen molar-refractivity contribution in [3.05, 3.63) is 109 Å². The third-order valence-electron chi connectivity index (χ3n) is 7.30. The lowest BCUT2D eigenvalue weighted by molar-refractivity contribution is -0.267. The van der Waals surface area contributed by atoms with Crippen LogP contribution < -0.4 is 9.47 Å². The zero-order chi connectivity index (χ0) is 27.8. The number of methoxy groups -OCH3 is 2. The SMILES string of the molecule is COc1ccc(C(c2ccccc2)(c2ccc(OC)cc2)C(O)[C@H]2O[C@](O)(n3cnc(I)c3I)C[C@@H]2O)cc1. The first-order valence-corrected chi connectivity index (χ1v) is 14.4. The van der Waals surface area contributed by atoms with Crippen molar-refractivity contribution in [1.82, 2.24) is 9.55 Å². The highest BCUT2D eigenvalue weighted by Crippen LogP contribution is 2.48. The van der Waals surface area contributed by atoms with Crippen molar-refractivity contribution in [3.63, 3.8) is 0 Å². The fourth-order valence-electron chi connectivity index (χ4n) is 5.39. The van der Waals surface area contributed by atoms with Gasteiger partial charge in [-0.15, -0.1) is 0 Å². The minimum absolute atomic E-state index is 0.146. The summed E-state index contributed by atoms with van der Waals surface area (Å²) in [6.45, 7) is 0. The van der Waals surface area contributed by atoms with Gasteiger partial charge in [0.2, 0.25) is 0 Å². The van der Waals surface area contributed by atoms with Crippen LogP contribution >= 0.6 is 45.2 Å². The van der Waals surface area contributed by atoms with Gasteiger partial charge in [0.1, 0.15) is 37.4 Å². The highest BCUT2D eigenvalue weighted by molar-refractivity contribution is 14.1. The van der Waals surface area contributed by atoms with Crippen LogP contribution in [0.25, 0.3) is 0 Å². The van der Waals surface area contributed by atoms with Crippen molar-refractivity contribution in [1.29, 1.82) is 0 Å². The smallest absolute Gasteiger partial charge is 0.257 e. The molecule has 1 aromatic heterocycles. The molecule has 0 bridgehead atoms. The van der Waals surface area contributed by atoms with Crippen molar-refractivity contribution in [2.75, 3.05) is 14.2 Å². The Morgan fingerprint density at radius 2 is 1.44 bits per heavy atom. The number of nitrogens with zero attached hydrogens (tertiary/aromatic N) is 2. The monoisotopic (exact) mass is 754 g/mol. The predicted octanol–water partition coefficient (Wildman–Crippen LogP) is 4.26. The molecule has 0 amide bonds. The Morgan fingerprint density at radius 3 is 1.90 bits per heavy atom. The molecule has 1 fully saturated rings. The lowest BCUT2D eigenvalue weighted by Crippen LogP contribution is -2.52. The zero-order valence-electron chi connectivity index (χ0n) is 21.2. The molecule has 0 saturated carbocycles. The summed E-state index contributed by atoms with van der Waals surface area (Å²) in [6.07, 6.45) is -2.34. The number of benzene rings is 3. The number of ether oxygens (including phenoxy) is 3. The minimum atomic E-state index is -1.89. The summed E-state index contributed by atoms with van der Waals surface area (Å²) in [5, 5.41) is 35.3. The number of imidazole rings is 1. The van der Waals surface area contributed by atoms with Gasteiger partial charge in [-0.3, -0.25) is 4.57 Å². The topological polar surface area (TPSA) is 106 Å². The van der Waals surface area contributed by atoms with Gasteiger partial charge in [-0.1, -0.05) is 54.6 Å². The molecule has 8 nitrogen and oxygen atoms in total. The maximum atomic E-state index is 12.4. The molecule has 0 aliphatic carbocycles. The van der Waals surface area contributed by atoms with Crippen LogP contribution in [0.15, 0.2) is 85.2 Å². The van der Waals surface area contributed by atoms with E-state index in [0.717, 1.165) is 16.7 Å². The summed E-state index contributed by atoms with van der Waals surface area (Å²) < 4.78 is 19.8. The highest BCUT2D eigenvalue weighted by atomic mass is 127. The molecule has 39 heavy (non-hydrogen) atoms. The van der Waals surface area contributed by atoms with Crippen LogP contribution in [0.5, 0.6) is 11.5 Å². The number of halogens is 2. The fourth-order valence-corrected chi connectivity index (χ4v) is 6.41. The lowest BCUT2D eigenvalue weighted by atomic mass is 9.64. The number of hydrogen-bond acceptors (Lipinski definition) is 7. The third-order valence-corrected chi connectivity index (χ3v) is 10.2. The fraction of sp³-hybridized carbons (Fsp3) is 0.276. The molecule has 0 spiro atoms. The first kappa shape index (κ1) is 28.3. The van der Waals surface area contributed by atoms with Gasteiger partial charge < -0.3 is 29.5 Å². The van der Waals surface area contributed by atoms with Crippen LogP contribution in [-0.2, 0) is 16.1 Å². The van der Waals surface area contributed by atoms with Gasteiger partial charge in [0.15, 0.2) is 0 Å². The first-order valence-electron chi connectivity index (χ1n) is 12.2. The molecule has 3 aromatic carbocycles. The van der Waals surface area contributed by atoms with Gasteiger partial charge >= 0.3 is 0 Å². The molecular formula is C29H28I2N2O6. The van der Waals surface area contributed by atoms with E-state index in [2.05, 4.69) is 50.2 Å². The van der Waals surface area contributed by atoms with Gasteiger partial charge in [0.25, 0.3) is 5.91 Å². The number of aromatic nitrogens is 2. The molecule has 1 aliphatic heterocycles. The van der Waals surface area contributed by atoms with Crippen LogP contribution in [0.3, 0.4) is 0 Å². The Hall–Kier alpha value is -2.23. The number of hydrogen-bond donors (Lipinski definition) is 3. The van der Waals surface area contributed by atoms with E-state index in [1.54, 1.807) is 14.2 Å². The molecule has 5 rings (SSSR count). The second-order valence-corrected chi connectivity index (χ2v) is 11.4. The van der Waals surface area contributed by atoms with Crippen LogP contribution in [0.4, 0.5) is 0 Å². The average Bonchev–Trinajstić information content (AvgIpc) is 3.47. The average molecular weight is 754 g/mol. The molecule has 1 unspecified atom stereocenters. The summed E-state index contributed by atoms with van der Waals surface area (Å²) in [4.78, 5) is 4.26. The molecule has 1 aliphatic rings. The molecule has 2 heterocycles. The second kappa shape index (κ2) is 11.3. The van der Waals surface area contributed by atoms with E-state index < -0.39 is 29.6 Å². The van der Waals surface area contributed by atoms with Gasteiger partial charge in [-0.2, -0.15) is 0 Å². The Bertz CT molecular complexity index is 1370. The van der Waals surface area contributed by atoms with Crippen molar-refractivity contribution in [2.24, 2.45) is 0 Å². The zero-order valence-corrected chi connectivity index (χ0v) is 25.6. The highest BCUT2D eigenvalue weighted by Gasteiger charge is 2.56. The van der Waals surface area contributed by atoms with E-state index in [9.17, 15) is 15.3 Å². The standard InChI is InChI=1S/C29H28I2N2O6/c1-37-21-12-8-19(9-13-21)29(18-6-4-3-5-7-18,20-10-14-22(38-2)15-11-20)25(35)24-23(34)16-28(36,39-24)33-17-32-26(30)27(33)31/h3-15,17,23-25,34-36H,16H2,1-2H3/t23-,24-,25?,28-/m0/s1. The Kier molecular flexibility index (Phi) is 8.23. The van der Waals surface area contributed by atoms with Gasteiger partial charge in [0, 0.05) is 0 Å². The van der Waals surface area contributed by atoms with E-state index >= 15 is 0 Å². The second-order valence-electron chi connectivity index (χ2n) is 9.37. The van der Waals surface area contributed by atoms with Crippen LogP contribution in [0.1, 0.15) is 23.1 Å². The van der Waals surface area contributed by atoms with E-state index in [4.69, 9.17) is 14.2 Å². The first-order chi connectivity index (χ1) is 18.7. The third kappa shape index (κ3) is 4.95. The minimum Gasteiger partial charge on any atom is -0.497 e. The van der Waals surface area contributed by atoms with Gasteiger partial charge in [-0.25, -0.2) is 4.98 Å². The molecule has 4 aromatic rings. The van der Waals surface area contributed by atoms with E-state index in [-0.39, 0.29) is 6.42 Å². The Morgan fingerprint density at radius 1 is 0.923 bits per heavy atom. The van der Waals surface area contributed by atoms with Crippen LogP contribution in [0, 0.1) is 7.40 Å². The Balaban J connectivity index is 1.70. The summed E-state index contributed by atoms with van der Waals surface area (Å²) in [7, 11) is 3.19. The maximum Gasteiger partial charge on any atom is 0.257 e. The van der Waals surface area contributed by atoms with Crippen LogP contribution in [-0.4, -0.2) is 57.4 Å². The molecule has 0 radical (unpaired) electrons. The number of rotatable bonds is 8. The molecule has 10 heteroatoms. The van der Waals surface area contributed by atoms with Gasteiger partial charge in [0.05, 0.1) is 32.2 Å². The number of aliphatic hydroxyl groups excluding tert-OH is 2. The van der Waals surface area contributed by atoms with E-state index in [1.165, 1.54) is 10.9 Å². The molecule has 204 valence electrons. The van der Waals surface area contributed by atoms with Crippen molar-refractivity contribution >= 4 is 45.2 Å². The van der Waals surface area contributed by atoms with Crippen molar-refractivity contribution < 1.29 is 29.5 Å². The number of aliphatic hydroxyl groups is 3. The van der Waals surface area contributed by atoms with Crippen molar-refractivity contribution in [2.45, 2.75) is 36.1 Å². The molecular weight excluding hydrogens is 726 g/mol. The summed E-state index contributed by atoms with van der Waals surface area (Å²) in [5.74, 6) is -0.554. The Labute approximate surface area is 253 Å². The summed E-state index contributed by atoms with van der Waals surface area (Å²) in [6, 6.07) is 24.5. The molecule has 1 saturated heterocycles. The molecule has 3 N–H and O–H groups in total. The molecule has 4 atom stereocenters. The normalized spacial score (nSPS) is 22.0. The van der Waals surface area contributed by atoms with Crippen molar-refractivity contribution in [3.8, 4) is 11.5 Å². The largest absolute Gasteiger partial charge is 0.497 e. The maximum absolute atomic E-state index is 12.4. The lowest BCUT2D eigenvalue weighted by Gasteiger charge is -2.43.